The maximum Gasteiger partial charge on any atom is 0.251 e. The molecule has 3 aromatic carbocycles. The van der Waals surface area contributed by atoms with Crippen molar-refractivity contribution >= 4 is 16.7 Å². The van der Waals surface area contributed by atoms with Gasteiger partial charge in [-0.15, -0.1) is 0 Å². The van der Waals surface area contributed by atoms with Crippen molar-refractivity contribution in [2.45, 2.75) is 13.0 Å². The number of amides is 1. The molecule has 0 unspecified atom stereocenters. The first-order valence-corrected chi connectivity index (χ1v) is 7.09. The van der Waals surface area contributed by atoms with Gasteiger partial charge in [0.05, 0.1) is 6.04 Å². The molecule has 0 spiro atoms. The Hall–Kier alpha value is -2.61. The minimum Gasteiger partial charge on any atom is -0.345 e. The lowest BCUT2D eigenvalue weighted by Crippen LogP contribution is -2.26. The fraction of sp³-hybridized carbons (Fsp3) is 0.105. The van der Waals surface area contributed by atoms with Crippen molar-refractivity contribution in [3.05, 3.63) is 83.9 Å². The van der Waals surface area contributed by atoms with Crippen LogP contribution < -0.4 is 5.32 Å². The van der Waals surface area contributed by atoms with Crippen LogP contribution in [-0.2, 0) is 0 Å². The quantitative estimate of drug-likeness (QED) is 0.757. The van der Waals surface area contributed by atoms with Gasteiger partial charge in [-0.25, -0.2) is 0 Å². The summed E-state index contributed by atoms with van der Waals surface area (Å²) in [5.74, 6) is -0.0453. The van der Waals surface area contributed by atoms with E-state index in [1.165, 1.54) is 10.8 Å². The smallest absolute Gasteiger partial charge is 0.251 e. The molecule has 1 N–H and O–H groups in total. The van der Waals surface area contributed by atoms with Crippen LogP contribution in [0.1, 0.15) is 28.9 Å². The molecule has 0 heterocycles. The van der Waals surface area contributed by atoms with Gasteiger partial charge in [0.1, 0.15) is 0 Å². The van der Waals surface area contributed by atoms with E-state index in [-0.39, 0.29) is 11.9 Å². The largest absolute Gasteiger partial charge is 0.345 e. The minimum absolute atomic E-state index is 0.0381. The maximum atomic E-state index is 12.3. The van der Waals surface area contributed by atoms with E-state index in [1.807, 2.05) is 55.5 Å². The zero-order chi connectivity index (χ0) is 14.7. The summed E-state index contributed by atoms with van der Waals surface area (Å²) in [4.78, 5) is 12.3. The molecule has 1 amide bonds. The molecule has 0 saturated carbocycles. The highest BCUT2D eigenvalue weighted by Gasteiger charge is 2.13. The second-order valence-electron chi connectivity index (χ2n) is 5.13. The van der Waals surface area contributed by atoms with Gasteiger partial charge in [0.2, 0.25) is 0 Å². The zero-order valence-corrected chi connectivity index (χ0v) is 11.9. The summed E-state index contributed by atoms with van der Waals surface area (Å²) in [5, 5.41) is 5.44. The van der Waals surface area contributed by atoms with Gasteiger partial charge in [-0.1, -0.05) is 60.7 Å². The summed E-state index contributed by atoms with van der Waals surface area (Å²) in [5.41, 5.74) is 1.82. The predicted molar refractivity (Wildman–Crippen MR) is 86.3 cm³/mol. The summed E-state index contributed by atoms with van der Waals surface area (Å²) >= 11 is 0. The van der Waals surface area contributed by atoms with Crippen LogP contribution in [0.15, 0.2) is 72.8 Å². The Balaban J connectivity index is 1.88. The number of rotatable bonds is 3. The van der Waals surface area contributed by atoms with Crippen LogP contribution in [0.25, 0.3) is 10.8 Å². The molecule has 2 nitrogen and oxygen atoms in total. The molecule has 0 aliphatic heterocycles. The maximum absolute atomic E-state index is 12.3. The fourth-order valence-electron chi connectivity index (χ4n) is 2.58. The van der Waals surface area contributed by atoms with Gasteiger partial charge in [0, 0.05) is 5.56 Å². The molecular formula is C19H17NO. The van der Waals surface area contributed by atoms with Crippen LogP contribution in [0, 0.1) is 0 Å². The first-order chi connectivity index (χ1) is 10.3. The first kappa shape index (κ1) is 13.4. The van der Waals surface area contributed by atoms with Gasteiger partial charge in [-0.05, 0) is 35.4 Å². The molecule has 0 radical (unpaired) electrons. The van der Waals surface area contributed by atoms with Crippen LogP contribution >= 0.6 is 0 Å². The number of fused-ring (bicyclic) bond motifs is 1. The molecule has 21 heavy (non-hydrogen) atoms. The molecule has 0 aromatic heterocycles. The zero-order valence-electron chi connectivity index (χ0n) is 11.9. The molecule has 104 valence electrons. The van der Waals surface area contributed by atoms with Crippen molar-refractivity contribution in [2.75, 3.05) is 0 Å². The van der Waals surface area contributed by atoms with Crippen LogP contribution in [0.4, 0.5) is 0 Å². The third kappa shape index (κ3) is 2.79. The Morgan fingerprint density at radius 1 is 0.857 bits per heavy atom. The van der Waals surface area contributed by atoms with Crippen molar-refractivity contribution in [1.82, 2.24) is 5.32 Å². The van der Waals surface area contributed by atoms with E-state index in [9.17, 15) is 4.79 Å². The normalized spacial score (nSPS) is 12.0. The third-order valence-electron chi connectivity index (χ3n) is 3.67. The lowest BCUT2D eigenvalue weighted by Gasteiger charge is -2.16. The Kier molecular flexibility index (Phi) is 3.69. The van der Waals surface area contributed by atoms with Gasteiger partial charge in [-0.3, -0.25) is 4.79 Å². The summed E-state index contributed by atoms with van der Waals surface area (Å²) < 4.78 is 0. The molecular weight excluding hydrogens is 258 g/mol. The third-order valence-corrected chi connectivity index (χ3v) is 3.67. The average Bonchev–Trinajstić information content (AvgIpc) is 2.55. The average molecular weight is 275 g/mol. The van der Waals surface area contributed by atoms with Crippen LogP contribution in [-0.4, -0.2) is 5.91 Å². The van der Waals surface area contributed by atoms with E-state index < -0.39 is 0 Å². The van der Waals surface area contributed by atoms with E-state index in [1.54, 1.807) is 0 Å². The summed E-state index contributed by atoms with van der Waals surface area (Å²) in [6, 6.07) is 23.7. The molecule has 1 atom stereocenters. The monoisotopic (exact) mass is 275 g/mol. The molecule has 0 fully saturated rings. The summed E-state index contributed by atoms with van der Waals surface area (Å²) in [7, 11) is 0. The molecule has 2 heteroatoms. The van der Waals surface area contributed by atoms with Crippen LogP contribution in [0.2, 0.25) is 0 Å². The van der Waals surface area contributed by atoms with Gasteiger partial charge in [0.25, 0.3) is 5.91 Å². The molecule has 0 aliphatic rings. The standard InChI is InChI=1S/C19H17NO/c1-14(20-19(21)16-9-3-2-4-10-16)17-13-7-11-15-8-5-6-12-18(15)17/h2-14H,1H3,(H,20,21)/t14-/m1/s1. The van der Waals surface area contributed by atoms with E-state index >= 15 is 0 Å². The Labute approximate surface area is 124 Å². The topological polar surface area (TPSA) is 29.1 Å². The summed E-state index contributed by atoms with van der Waals surface area (Å²) in [6.45, 7) is 2.02. The van der Waals surface area contributed by atoms with Crippen LogP contribution in [0.5, 0.6) is 0 Å². The number of benzene rings is 3. The highest BCUT2D eigenvalue weighted by Crippen LogP contribution is 2.24. The van der Waals surface area contributed by atoms with Crippen molar-refractivity contribution in [3.8, 4) is 0 Å². The van der Waals surface area contributed by atoms with Crippen LogP contribution in [0.3, 0.4) is 0 Å². The van der Waals surface area contributed by atoms with Gasteiger partial charge >= 0.3 is 0 Å². The Morgan fingerprint density at radius 2 is 1.52 bits per heavy atom. The highest BCUT2D eigenvalue weighted by molar-refractivity contribution is 5.95. The summed E-state index contributed by atoms with van der Waals surface area (Å²) in [6.07, 6.45) is 0. The first-order valence-electron chi connectivity index (χ1n) is 7.09. The number of nitrogens with one attached hydrogen (secondary N) is 1. The van der Waals surface area contributed by atoms with E-state index in [0.717, 1.165) is 5.56 Å². The van der Waals surface area contributed by atoms with Gasteiger partial charge in [-0.2, -0.15) is 0 Å². The fourth-order valence-corrected chi connectivity index (χ4v) is 2.58. The highest BCUT2D eigenvalue weighted by atomic mass is 16.1. The molecule has 3 aromatic rings. The Bertz CT molecular complexity index is 759. The number of hydrogen-bond acceptors (Lipinski definition) is 1. The minimum atomic E-state index is -0.0453. The molecule has 0 aliphatic carbocycles. The lowest BCUT2D eigenvalue weighted by atomic mass is 9.99. The molecule has 0 bridgehead atoms. The van der Waals surface area contributed by atoms with E-state index in [2.05, 4.69) is 29.6 Å². The second kappa shape index (κ2) is 5.80. The Morgan fingerprint density at radius 3 is 2.33 bits per heavy atom. The number of hydrogen-bond donors (Lipinski definition) is 1. The SMILES string of the molecule is C[C@@H](NC(=O)c1ccccc1)c1cccc2ccccc12. The lowest BCUT2D eigenvalue weighted by molar-refractivity contribution is 0.0940. The molecule has 3 rings (SSSR count). The van der Waals surface area contributed by atoms with E-state index in [0.29, 0.717) is 5.56 Å². The van der Waals surface area contributed by atoms with E-state index in [4.69, 9.17) is 0 Å². The number of carbonyl (C=O) groups is 1. The predicted octanol–water partition coefficient (Wildman–Crippen LogP) is 4.33. The number of carbonyl (C=O) groups excluding carboxylic acids is 1. The van der Waals surface area contributed by atoms with Gasteiger partial charge in [0.15, 0.2) is 0 Å². The van der Waals surface area contributed by atoms with Gasteiger partial charge < -0.3 is 5.32 Å². The molecule has 0 saturated heterocycles. The second-order valence-corrected chi connectivity index (χ2v) is 5.13. The van der Waals surface area contributed by atoms with Crippen molar-refractivity contribution < 1.29 is 4.79 Å². The van der Waals surface area contributed by atoms with Crippen molar-refractivity contribution in [3.63, 3.8) is 0 Å². The van der Waals surface area contributed by atoms with Crippen molar-refractivity contribution in [1.29, 1.82) is 0 Å². The van der Waals surface area contributed by atoms with Crippen molar-refractivity contribution in [2.24, 2.45) is 0 Å².